The summed E-state index contributed by atoms with van der Waals surface area (Å²) in [6.07, 6.45) is 0.499. The van der Waals surface area contributed by atoms with Gasteiger partial charge in [-0.05, 0) is 30.0 Å². The molecule has 0 saturated carbocycles. The smallest absolute Gasteiger partial charge is 0.234 e. The van der Waals surface area contributed by atoms with Crippen molar-refractivity contribution in [3.63, 3.8) is 0 Å². The Hall–Kier alpha value is -1.11. The number of carbonyl (C=O) groups excluding carboxylic acids is 1. The minimum Gasteiger partial charge on any atom is -0.351 e. The van der Waals surface area contributed by atoms with Crippen LogP contribution in [0, 0.1) is 5.92 Å². The molecule has 1 aromatic carbocycles. The maximum absolute atomic E-state index is 12.0. The van der Waals surface area contributed by atoms with E-state index in [9.17, 15) is 13.2 Å². The van der Waals surface area contributed by atoms with Crippen molar-refractivity contribution in [3.05, 3.63) is 34.9 Å². The lowest BCUT2D eigenvalue weighted by atomic mass is 9.96. The molecule has 0 unspecified atom stereocenters. The molecule has 1 heterocycles. The van der Waals surface area contributed by atoms with Crippen LogP contribution in [0.5, 0.6) is 0 Å². The normalized spacial score (nSPS) is 21.3. The summed E-state index contributed by atoms with van der Waals surface area (Å²) in [6, 6.07) is 7.32. The van der Waals surface area contributed by atoms with Crippen LogP contribution in [-0.4, -0.2) is 38.4 Å². The molecule has 2 N–H and O–H groups in total. The molecule has 7 heteroatoms. The van der Waals surface area contributed by atoms with Gasteiger partial charge in [0, 0.05) is 17.1 Å². The first-order chi connectivity index (χ1) is 10.8. The first-order valence-electron chi connectivity index (χ1n) is 7.75. The van der Waals surface area contributed by atoms with E-state index in [0.29, 0.717) is 17.4 Å². The van der Waals surface area contributed by atoms with Crippen molar-refractivity contribution in [1.82, 2.24) is 10.6 Å². The summed E-state index contributed by atoms with van der Waals surface area (Å²) in [4.78, 5) is 12.0. The van der Waals surface area contributed by atoms with Crippen molar-refractivity contribution in [2.75, 3.05) is 18.1 Å². The van der Waals surface area contributed by atoms with E-state index in [0.717, 1.165) is 5.56 Å². The zero-order valence-corrected chi connectivity index (χ0v) is 15.0. The topological polar surface area (TPSA) is 75.3 Å². The molecule has 5 nitrogen and oxygen atoms in total. The Kier molecular flexibility index (Phi) is 6.06. The van der Waals surface area contributed by atoms with Crippen LogP contribution < -0.4 is 10.6 Å². The van der Waals surface area contributed by atoms with Gasteiger partial charge in [-0.1, -0.05) is 37.6 Å². The lowest BCUT2D eigenvalue weighted by Crippen LogP contribution is -2.42. The summed E-state index contributed by atoms with van der Waals surface area (Å²) in [5.74, 6) is 0.330. The van der Waals surface area contributed by atoms with Crippen LogP contribution in [0.25, 0.3) is 0 Å². The molecule has 23 heavy (non-hydrogen) atoms. The summed E-state index contributed by atoms with van der Waals surface area (Å²) >= 11 is 5.91. The highest BCUT2D eigenvalue weighted by Gasteiger charge is 2.29. The number of carbonyl (C=O) groups is 1. The van der Waals surface area contributed by atoms with Gasteiger partial charge in [0.1, 0.15) is 0 Å². The van der Waals surface area contributed by atoms with E-state index in [1.807, 2.05) is 24.3 Å². The average molecular weight is 359 g/mol. The van der Waals surface area contributed by atoms with Crippen molar-refractivity contribution in [3.8, 4) is 0 Å². The highest BCUT2D eigenvalue weighted by molar-refractivity contribution is 7.91. The zero-order chi connectivity index (χ0) is 17.0. The van der Waals surface area contributed by atoms with Crippen LogP contribution >= 0.6 is 11.6 Å². The van der Waals surface area contributed by atoms with Gasteiger partial charge < -0.3 is 10.6 Å². The molecular weight excluding hydrogens is 336 g/mol. The Morgan fingerprint density at radius 2 is 1.96 bits per heavy atom. The molecule has 0 bridgehead atoms. The molecule has 0 radical (unpaired) electrons. The second kappa shape index (κ2) is 7.64. The number of hydrogen-bond donors (Lipinski definition) is 2. The number of hydrogen-bond acceptors (Lipinski definition) is 4. The quantitative estimate of drug-likeness (QED) is 0.814. The maximum Gasteiger partial charge on any atom is 0.234 e. The number of nitrogens with one attached hydrogen (secondary N) is 2. The number of sulfone groups is 1. The van der Waals surface area contributed by atoms with Crippen LogP contribution in [0.4, 0.5) is 0 Å². The molecule has 1 saturated heterocycles. The molecule has 1 aliphatic rings. The van der Waals surface area contributed by atoms with Gasteiger partial charge in [0.25, 0.3) is 0 Å². The van der Waals surface area contributed by atoms with Crippen LogP contribution in [0.1, 0.15) is 31.9 Å². The average Bonchev–Trinajstić information content (AvgIpc) is 2.79. The molecule has 0 aromatic heterocycles. The maximum atomic E-state index is 12.0. The highest BCUT2D eigenvalue weighted by atomic mass is 35.5. The van der Waals surface area contributed by atoms with Crippen molar-refractivity contribution in [2.24, 2.45) is 5.92 Å². The predicted molar refractivity (Wildman–Crippen MR) is 92.2 cm³/mol. The molecule has 128 valence electrons. The van der Waals surface area contributed by atoms with Gasteiger partial charge in [-0.3, -0.25) is 4.79 Å². The minimum atomic E-state index is -2.98. The first-order valence-corrected chi connectivity index (χ1v) is 9.95. The Bertz CT molecular complexity index is 644. The Morgan fingerprint density at radius 3 is 2.48 bits per heavy atom. The van der Waals surface area contributed by atoms with Crippen molar-refractivity contribution in [1.29, 1.82) is 0 Å². The van der Waals surface area contributed by atoms with Gasteiger partial charge in [0.2, 0.25) is 5.91 Å². The summed E-state index contributed by atoms with van der Waals surface area (Å²) in [5, 5.41) is 6.71. The van der Waals surface area contributed by atoms with Crippen molar-refractivity contribution >= 4 is 27.3 Å². The number of rotatable bonds is 6. The number of halogens is 1. The Labute approximate surface area is 142 Å². The summed E-state index contributed by atoms with van der Waals surface area (Å²) in [5.41, 5.74) is 1.07. The van der Waals surface area contributed by atoms with E-state index in [1.165, 1.54) is 0 Å². The molecule has 1 aliphatic heterocycles. The van der Waals surface area contributed by atoms with E-state index in [1.54, 1.807) is 0 Å². The largest absolute Gasteiger partial charge is 0.351 e. The van der Waals surface area contributed by atoms with E-state index in [-0.39, 0.29) is 36.0 Å². The third-order valence-corrected chi connectivity index (χ3v) is 6.00. The number of benzene rings is 1. The Balaban J connectivity index is 1.89. The third kappa shape index (κ3) is 5.48. The predicted octanol–water partition coefficient (Wildman–Crippen LogP) is 1.93. The molecule has 1 fully saturated rings. The van der Waals surface area contributed by atoms with Gasteiger partial charge in [0.15, 0.2) is 9.84 Å². The lowest BCUT2D eigenvalue weighted by molar-refractivity contribution is -0.121. The van der Waals surface area contributed by atoms with Crippen LogP contribution in [0.2, 0.25) is 5.02 Å². The summed E-state index contributed by atoms with van der Waals surface area (Å²) in [6.45, 7) is 4.31. The van der Waals surface area contributed by atoms with Gasteiger partial charge in [-0.15, -0.1) is 0 Å². The number of amides is 1. The third-order valence-electron chi connectivity index (χ3n) is 3.98. The van der Waals surface area contributed by atoms with Gasteiger partial charge in [0.05, 0.1) is 18.1 Å². The monoisotopic (exact) mass is 358 g/mol. The molecule has 0 spiro atoms. The van der Waals surface area contributed by atoms with Gasteiger partial charge in [-0.2, -0.15) is 0 Å². The Morgan fingerprint density at radius 1 is 1.30 bits per heavy atom. The highest BCUT2D eigenvalue weighted by Crippen LogP contribution is 2.23. The molecule has 1 amide bonds. The molecule has 2 rings (SSSR count). The molecule has 1 aromatic rings. The fourth-order valence-corrected chi connectivity index (χ4v) is 4.60. The minimum absolute atomic E-state index is 0.0327. The molecule has 0 aliphatic carbocycles. The fourth-order valence-electron chi connectivity index (χ4n) is 2.80. The van der Waals surface area contributed by atoms with Crippen LogP contribution in [0.3, 0.4) is 0 Å². The van der Waals surface area contributed by atoms with E-state index in [2.05, 4.69) is 24.5 Å². The molecule has 2 atom stereocenters. The summed E-state index contributed by atoms with van der Waals surface area (Å²) in [7, 11) is -2.98. The first kappa shape index (κ1) is 18.2. The van der Waals surface area contributed by atoms with Crippen LogP contribution in [-0.2, 0) is 14.6 Å². The van der Waals surface area contributed by atoms with Gasteiger partial charge >= 0.3 is 0 Å². The van der Waals surface area contributed by atoms with Crippen LogP contribution in [0.15, 0.2) is 24.3 Å². The zero-order valence-electron chi connectivity index (χ0n) is 13.4. The van der Waals surface area contributed by atoms with Crippen molar-refractivity contribution in [2.45, 2.75) is 32.4 Å². The second-order valence-electron chi connectivity index (χ2n) is 6.32. The van der Waals surface area contributed by atoms with Gasteiger partial charge in [-0.25, -0.2) is 8.42 Å². The SMILES string of the molecule is CC(C)[C@@H](NCC(=O)N[C@@H]1CCS(=O)(=O)C1)c1ccc(Cl)cc1. The second-order valence-corrected chi connectivity index (χ2v) is 8.99. The van der Waals surface area contributed by atoms with E-state index >= 15 is 0 Å². The lowest BCUT2D eigenvalue weighted by Gasteiger charge is -2.23. The van der Waals surface area contributed by atoms with Crippen molar-refractivity contribution < 1.29 is 13.2 Å². The fraction of sp³-hybridized carbons (Fsp3) is 0.562. The van der Waals surface area contributed by atoms with E-state index in [4.69, 9.17) is 11.6 Å². The van der Waals surface area contributed by atoms with E-state index < -0.39 is 9.84 Å². The molecular formula is C16H23ClN2O3S. The standard InChI is InChI=1S/C16H23ClN2O3S/c1-11(2)16(12-3-5-13(17)6-4-12)18-9-15(20)19-14-7-8-23(21,22)10-14/h3-6,11,14,16,18H,7-10H2,1-2H3,(H,19,20)/t14-,16-/m1/s1. The summed E-state index contributed by atoms with van der Waals surface area (Å²) < 4.78 is 22.8.